The van der Waals surface area contributed by atoms with E-state index in [0.29, 0.717) is 17.7 Å². The summed E-state index contributed by atoms with van der Waals surface area (Å²) in [7, 11) is -0.756. The number of rotatable bonds is 7. The molecule has 1 heterocycles. The van der Waals surface area contributed by atoms with Crippen molar-refractivity contribution in [1.29, 1.82) is 0 Å². The number of amides is 2. The van der Waals surface area contributed by atoms with Gasteiger partial charge in [-0.15, -0.1) is 11.3 Å². The molecule has 0 bridgehead atoms. The number of carbonyl (C=O) groups is 2. The normalized spacial score (nSPS) is 20.9. The molecule has 2 amide bonds. The maximum Gasteiger partial charge on any atom is 0.261 e. The van der Waals surface area contributed by atoms with E-state index in [1.807, 2.05) is 0 Å². The lowest BCUT2D eigenvalue weighted by atomic mass is 9.91. The quantitative estimate of drug-likeness (QED) is 0.627. The molecular formula is C15H23N3O5S2. The number of hydrogen-bond donors (Lipinski definition) is 3. The zero-order valence-electron chi connectivity index (χ0n) is 14.2. The first-order valence-electron chi connectivity index (χ1n) is 7.97. The summed E-state index contributed by atoms with van der Waals surface area (Å²) in [6.07, 6.45) is 2.87. The van der Waals surface area contributed by atoms with E-state index >= 15 is 0 Å². The van der Waals surface area contributed by atoms with Crippen molar-refractivity contribution in [2.75, 3.05) is 20.8 Å². The van der Waals surface area contributed by atoms with Crippen LogP contribution in [-0.4, -0.2) is 53.1 Å². The summed E-state index contributed by atoms with van der Waals surface area (Å²) in [5, 5.41) is 6.77. The van der Waals surface area contributed by atoms with Gasteiger partial charge in [-0.3, -0.25) is 9.59 Å². The Morgan fingerprint density at radius 1 is 1.32 bits per heavy atom. The SMILES string of the molecule is CNC(=O)c1cc(S(=O)(=O)N[C@@H]2CCC[C@@H](NC(=O)COC)C2)cs1. The summed E-state index contributed by atoms with van der Waals surface area (Å²) in [5.74, 6) is -0.519. The van der Waals surface area contributed by atoms with Crippen molar-refractivity contribution in [3.05, 3.63) is 16.3 Å². The maximum absolute atomic E-state index is 12.5. The Kier molecular flexibility index (Phi) is 6.94. The number of nitrogens with one attached hydrogen (secondary N) is 3. The van der Waals surface area contributed by atoms with Gasteiger partial charge in [-0.1, -0.05) is 0 Å². The van der Waals surface area contributed by atoms with Crippen LogP contribution in [0, 0.1) is 0 Å². The lowest BCUT2D eigenvalue weighted by molar-refractivity contribution is -0.125. The molecule has 1 aromatic heterocycles. The lowest BCUT2D eigenvalue weighted by Gasteiger charge is -2.30. The molecule has 0 saturated heterocycles. The highest BCUT2D eigenvalue weighted by atomic mass is 32.2. The molecule has 2 rings (SSSR count). The van der Waals surface area contributed by atoms with Crippen molar-refractivity contribution in [3.63, 3.8) is 0 Å². The molecule has 1 saturated carbocycles. The number of ether oxygens (including phenoxy) is 1. The fourth-order valence-corrected chi connectivity index (χ4v) is 5.32. The van der Waals surface area contributed by atoms with Crippen LogP contribution in [0.1, 0.15) is 35.4 Å². The van der Waals surface area contributed by atoms with E-state index in [2.05, 4.69) is 15.4 Å². The van der Waals surface area contributed by atoms with Crippen molar-refractivity contribution >= 4 is 33.2 Å². The third-order valence-corrected chi connectivity index (χ3v) is 6.55. The van der Waals surface area contributed by atoms with Crippen molar-refractivity contribution < 1.29 is 22.7 Å². The molecule has 8 nitrogen and oxygen atoms in total. The van der Waals surface area contributed by atoms with Gasteiger partial charge in [0.2, 0.25) is 15.9 Å². The van der Waals surface area contributed by atoms with Gasteiger partial charge in [0.1, 0.15) is 6.61 Å². The predicted octanol–water partition coefficient (Wildman–Crippen LogP) is 0.460. The standard InChI is InChI=1S/C15H23N3O5S2/c1-16-15(20)13-7-12(9-24-13)25(21,22)18-11-5-3-4-10(6-11)17-14(19)8-23-2/h7,9-11,18H,3-6,8H2,1-2H3,(H,16,20)(H,17,19)/t10-,11-/m1/s1. The molecule has 0 unspecified atom stereocenters. The van der Waals surface area contributed by atoms with Crippen LogP contribution in [0.3, 0.4) is 0 Å². The molecule has 1 aliphatic carbocycles. The minimum absolute atomic E-state index is 0.00985. The minimum Gasteiger partial charge on any atom is -0.375 e. The summed E-state index contributed by atoms with van der Waals surface area (Å²) in [4.78, 5) is 23.6. The van der Waals surface area contributed by atoms with Gasteiger partial charge in [-0.2, -0.15) is 0 Å². The number of sulfonamides is 1. The van der Waals surface area contributed by atoms with Crippen molar-refractivity contribution in [2.24, 2.45) is 0 Å². The van der Waals surface area contributed by atoms with Gasteiger partial charge in [0.05, 0.1) is 9.77 Å². The van der Waals surface area contributed by atoms with Gasteiger partial charge in [0, 0.05) is 31.6 Å². The molecule has 0 aromatic carbocycles. The number of hydrogen-bond acceptors (Lipinski definition) is 6. The van der Waals surface area contributed by atoms with E-state index < -0.39 is 10.0 Å². The van der Waals surface area contributed by atoms with Crippen LogP contribution >= 0.6 is 11.3 Å². The first-order valence-corrected chi connectivity index (χ1v) is 10.3. The minimum atomic E-state index is -3.70. The Hall–Kier alpha value is -1.49. The molecule has 0 spiro atoms. The first kappa shape index (κ1) is 19.8. The Labute approximate surface area is 151 Å². The maximum atomic E-state index is 12.5. The monoisotopic (exact) mass is 389 g/mol. The molecule has 1 fully saturated rings. The summed E-state index contributed by atoms with van der Waals surface area (Å²) < 4.78 is 32.5. The number of carbonyl (C=O) groups excluding carboxylic acids is 2. The van der Waals surface area contributed by atoms with Gasteiger partial charge in [0.15, 0.2) is 0 Å². The summed E-state index contributed by atoms with van der Waals surface area (Å²) in [6.45, 7) is -0.00985. The zero-order chi connectivity index (χ0) is 18.4. The van der Waals surface area contributed by atoms with Crippen LogP contribution in [0.5, 0.6) is 0 Å². The second-order valence-corrected chi connectivity index (χ2v) is 8.53. The first-order chi connectivity index (χ1) is 11.9. The fourth-order valence-electron chi connectivity index (χ4n) is 2.82. The van der Waals surface area contributed by atoms with Crippen molar-refractivity contribution in [1.82, 2.24) is 15.4 Å². The number of methoxy groups -OCH3 is 1. The average Bonchev–Trinajstić information content (AvgIpc) is 3.05. The van der Waals surface area contributed by atoms with E-state index in [0.717, 1.165) is 24.2 Å². The van der Waals surface area contributed by atoms with Gasteiger partial charge >= 0.3 is 0 Å². The molecule has 1 aliphatic rings. The fraction of sp³-hybridized carbons (Fsp3) is 0.600. The van der Waals surface area contributed by atoms with Gasteiger partial charge in [-0.05, 0) is 31.7 Å². The zero-order valence-corrected chi connectivity index (χ0v) is 15.8. The second-order valence-electron chi connectivity index (χ2n) is 5.91. The van der Waals surface area contributed by atoms with Crippen molar-refractivity contribution in [2.45, 2.75) is 42.7 Å². The van der Waals surface area contributed by atoms with Crippen LogP contribution in [0.25, 0.3) is 0 Å². The Bertz CT molecular complexity index is 717. The van der Waals surface area contributed by atoms with Gasteiger partial charge < -0.3 is 15.4 Å². The molecule has 0 aliphatic heterocycles. The molecule has 3 N–H and O–H groups in total. The van der Waals surface area contributed by atoms with E-state index in [9.17, 15) is 18.0 Å². The Morgan fingerprint density at radius 2 is 2.04 bits per heavy atom. The molecule has 0 radical (unpaired) electrons. The summed E-state index contributed by atoms with van der Waals surface area (Å²) in [6, 6.07) is 1.04. The molecule has 2 atom stereocenters. The van der Waals surface area contributed by atoms with Crippen LogP contribution in [0.4, 0.5) is 0 Å². The number of thiophene rings is 1. The third kappa shape index (κ3) is 5.50. The van der Waals surface area contributed by atoms with Gasteiger partial charge in [0.25, 0.3) is 5.91 Å². The summed E-state index contributed by atoms with van der Waals surface area (Å²) >= 11 is 1.08. The van der Waals surface area contributed by atoms with E-state index in [1.165, 1.54) is 25.6 Å². The van der Waals surface area contributed by atoms with Crippen molar-refractivity contribution in [3.8, 4) is 0 Å². The molecule has 140 valence electrons. The second kappa shape index (κ2) is 8.75. The molecular weight excluding hydrogens is 366 g/mol. The Morgan fingerprint density at radius 3 is 2.72 bits per heavy atom. The average molecular weight is 389 g/mol. The van der Waals surface area contributed by atoms with Crippen LogP contribution in [0.15, 0.2) is 16.3 Å². The van der Waals surface area contributed by atoms with Crippen LogP contribution < -0.4 is 15.4 Å². The largest absolute Gasteiger partial charge is 0.375 e. The van der Waals surface area contributed by atoms with E-state index in [1.54, 1.807) is 0 Å². The predicted molar refractivity (Wildman–Crippen MR) is 94.1 cm³/mol. The highest BCUT2D eigenvalue weighted by Gasteiger charge is 2.28. The Balaban J connectivity index is 1.98. The lowest BCUT2D eigenvalue weighted by Crippen LogP contribution is -2.46. The third-order valence-electron chi connectivity index (χ3n) is 3.97. The molecule has 10 heteroatoms. The smallest absolute Gasteiger partial charge is 0.261 e. The molecule has 1 aromatic rings. The van der Waals surface area contributed by atoms with Crippen LogP contribution in [0.2, 0.25) is 0 Å². The topological polar surface area (TPSA) is 114 Å². The van der Waals surface area contributed by atoms with E-state index in [-0.39, 0.29) is 35.4 Å². The van der Waals surface area contributed by atoms with Crippen LogP contribution in [-0.2, 0) is 19.6 Å². The van der Waals surface area contributed by atoms with E-state index in [4.69, 9.17) is 4.74 Å². The highest BCUT2D eigenvalue weighted by molar-refractivity contribution is 7.89. The summed E-state index contributed by atoms with van der Waals surface area (Å²) in [5.41, 5.74) is 0. The van der Waals surface area contributed by atoms with Gasteiger partial charge in [-0.25, -0.2) is 13.1 Å². The highest BCUT2D eigenvalue weighted by Crippen LogP contribution is 2.23. The molecule has 25 heavy (non-hydrogen) atoms.